The highest BCUT2D eigenvalue weighted by molar-refractivity contribution is 7.91. The van der Waals surface area contributed by atoms with E-state index in [-0.39, 0.29) is 26.0 Å². The second-order valence-corrected chi connectivity index (χ2v) is 13.6. The Hall–Kier alpha value is -2.71. The van der Waals surface area contributed by atoms with Crippen molar-refractivity contribution in [1.29, 1.82) is 0 Å². The molecule has 0 aromatic rings. The maximum atomic E-state index is 13.7. The number of nitrogens with zero attached hydrogens (tertiary/aromatic N) is 1. The van der Waals surface area contributed by atoms with Crippen molar-refractivity contribution in [3.05, 3.63) is 12.2 Å². The summed E-state index contributed by atoms with van der Waals surface area (Å²) in [4.78, 5) is 53.3. The molecule has 0 radical (unpaired) electrons. The van der Waals surface area contributed by atoms with Crippen LogP contribution in [-0.4, -0.2) is 96.1 Å². The third-order valence-corrected chi connectivity index (χ3v) is 10.6. The number of carbonyl (C=O) groups excluding carboxylic acids is 3. The molecule has 2 aliphatic heterocycles. The number of methoxy groups -OCH3 is 1. The summed E-state index contributed by atoms with van der Waals surface area (Å²) in [6, 6.07) is -2.38. The van der Waals surface area contributed by atoms with E-state index >= 15 is 0 Å². The Morgan fingerprint density at radius 3 is 2.62 bits per heavy atom. The van der Waals surface area contributed by atoms with Crippen LogP contribution >= 0.6 is 0 Å². The van der Waals surface area contributed by atoms with E-state index in [1.165, 1.54) is 7.11 Å². The Labute approximate surface area is 227 Å². The molecule has 4 aliphatic rings. The number of amides is 4. The number of nitrogens with one attached hydrogen (secondary N) is 3. The molecule has 4 rings (SSSR count). The second kappa shape index (κ2) is 11.0. The third-order valence-electron chi connectivity index (χ3n) is 8.42. The first-order valence-electron chi connectivity index (χ1n) is 13.4. The van der Waals surface area contributed by atoms with E-state index in [9.17, 15) is 37.8 Å². The molecule has 0 spiro atoms. The van der Waals surface area contributed by atoms with E-state index in [0.29, 0.717) is 32.1 Å². The summed E-state index contributed by atoms with van der Waals surface area (Å²) in [6.07, 6.45) is 4.72. The van der Waals surface area contributed by atoms with Crippen molar-refractivity contribution in [3.63, 3.8) is 0 Å². The van der Waals surface area contributed by atoms with Gasteiger partial charge in [0, 0.05) is 31.9 Å². The highest BCUT2D eigenvalue weighted by Gasteiger charge is 2.63. The van der Waals surface area contributed by atoms with Gasteiger partial charge in [-0.05, 0) is 45.4 Å². The van der Waals surface area contributed by atoms with Crippen LogP contribution in [0.5, 0.6) is 0 Å². The number of carboxylic acid groups (broad SMARTS) is 1. The van der Waals surface area contributed by atoms with Gasteiger partial charge in [-0.1, -0.05) is 18.6 Å². The molecule has 6 atom stereocenters. The molecule has 218 valence electrons. The summed E-state index contributed by atoms with van der Waals surface area (Å²) in [5.41, 5.74) is -1.51. The average molecular weight is 571 g/mol. The van der Waals surface area contributed by atoms with Crippen LogP contribution in [-0.2, 0) is 29.1 Å². The molecule has 4 amide bonds. The molecule has 0 aromatic heterocycles. The molecule has 39 heavy (non-hydrogen) atoms. The van der Waals surface area contributed by atoms with Gasteiger partial charge in [0.25, 0.3) is 5.91 Å². The molecule has 5 N–H and O–H groups in total. The molecule has 13 nitrogen and oxygen atoms in total. The monoisotopic (exact) mass is 570 g/mol. The van der Waals surface area contributed by atoms with Crippen LogP contribution in [0.3, 0.4) is 0 Å². The zero-order valence-corrected chi connectivity index (χ0v) is 23.0. The van der Waals surface area contributed by atoms with E-state index < -0.39 is 74.1 Å². The van der Waals surface area contributed by atoms with Crippen molar-refractivity contribution in [2.75, 3.05) is 20.3 Å². The van der Waals surface area contributed by atoms with Crippen LogP contribution in [0.15, 0.2) is 12.2 Å². The zero-order valence-electron chi connectivity index (χ0n) is 22.2. The fraction of sp³-hybridized carbons (Fsp3) is 0.760. The molecular weight excluding hydrogens is 532 g/mol. The van der Waals surface area contributed by atoms with Gasteiger partial charge in [0.05, 0.1) is 17.5 Å². The minimum Gasteiger partial charge on any atom is -0.465 e. The molecule has 0 aromatic carbocycles. The molecule has 2 saturated carbocycles. The van der Waals surface area contributed by atoms with Gasteiger partial charge in [0.2, 0.25) is 21.8 Å². The number of hydrogen-bond donors (Lipinski definition) is 5. The van der Waals surface area contributed by atoms with Gasteiger partial charge in [-0.25, -0.2) is 13.2 Å². The van der Waals surface area contributed by atoms with Crippen LogP contribution in [0.4, 0.5) is 4.79 Å². The van der Waals surface area contributed by atoms with Crippen LogP contribution < -0.4 is 15.4 Å². The summed E-state index contributed by atoms with van der Waals surface area (Å²) in [5.74, 6) is -3.15. The van der Waals surface area contributed by atoms with E-state index in [0.717, 1.165) is 11.3 Å². The number of aliphatic hydroxyl groups is 1. The van der Waals surface area contributed by atoms with Crippen molar-refractivity contribution in [1.82, 2.24) is 20.3 Å². The smallest absolute Gasteiger partial charge is 0.405 e. The van der Waals surface area contributed by atoms with Crippen molar-refractivity contribution in [3.8, 4) is 0 Å². The minimum absolute atomic E-state index is 0.110. The first-order valence-corrected chi connectivity index (χ1v) is 14.8. The molecule has 2 heterocycles. The Morgan fingerprint density at radius 1 is 1.26 bits per heavy atom. The van der Waals surface area contributed by atoms with Crippen LogP contribution in [0.1, 0.15) is 58.3 Å². The minimum atomic E-state index is -3.95. The third kappa shape index (κ3) is 6.07. The van der Waals surface area contributed by atoms with Crippen LogP contribution in [0.25, 0.3) is 0 Å². The van der Waals surface area contributed by atoms with Crippen molar-refractivity contribution < 1.29 is 42.5 Å². The predicted octanol–water partition coefficient (Wildman–Crippen LogP) is -0.149. The first kappa shape index (κ1) is 29.3. The Balaban J connectivity index is 1.63. The van der Waals surface area contributed by atoms with Crippen LogP contribution in [0.2, 0.25) is 0 Å². The lowest BCUT2D eigenvalue weighted by Crippen LogP contribution is -2.59. The summed E-state index contributed by atoms with van der Waals surface area (Å²) in [6.45, 7) is 1.48. The van der Waals surface area contributed by atoms with Gasteiger partial charge < -0.3 is 30.5 Å². The SMILES string of the molecule is COC[C@@H]1CCCC/C=C\[C@@H]2C[C@@]2(C(=O)NS(=O)(=O)C2(C)CC2)NC(=O)[C@@H]2C[C@@H](O)CN2C(=O)[C@H]1NC(=O)O. The van der Waals surface area contributed by atoms with Gasteiger partial charge in [-0.3, -0.25) is 19.1 Å². The Bertz CT molecular complexity index is 1140. The number of sulfonamides is 1. The number of rotatable bonds is 6. The number of fused-ring (bicyclic) bond motifs is 2. The number of carbonyl (C=O) groups is 4. The van der Waals surface area contributed by atoms with E-state index in [2.05, 4.69) is 15.4 Å². The van der Waals surface area contributed by atoms with E-state index in [4.69, 9.17) is 4.74 Å². The second-order valence-electron chi connectivity index (χ2n) is 11.4. The van der Waals surface area contributed by atoms with Crippen molar-refractivity contribution in [2.24, 2.45) is 11.8 Å². The fourth-order valence-corrected chi connectivity index (χ4v) is 6.87. The zero-order chi connectivity index (χ0) is 28.6. The van der Waals surface area contributed by atoms with E-state index in [1.807, 2.05) is 6.08 Å². The lowest BCUT2D eigenvalue weighted by atomic mass is 9.92. The maximum Gasteiger partial charge on any atom is 0.405 e. The largest absolute Gasteiger partial charge is 0.465 e. The van der Waals surface area contributed by atoms with Crippen LogP contribution in [0, 0.1) is 11.8 Å². The molecule has 14 heteroatoms. The van der Waals surface area contributed by atoms with Crippen molar-refractivity contribution in [2.45, 2.75) is 86.8 Å². The van der Waals surface area contributed by atoms with Crippen molar-refractivity contribution >= 4 is 33.8 Å². The quantitative estimate of drug-likeness (QED) is 0.270. The number of ether oxygens (including phenoxy) is 1. The molecular formula is C25H38N4O9S. The molecule has 2 aliphatic carbocycles. The standard InChI is InChI=1S/C25H38N4O9S/c1-24(9-10-24)39(36,37)28-22(33)25-12-16(25)8-6-4-3-5-7-15(14-38-2)19(26-23(34)35)21(32)29-13-17(30)11-18(29)20(31)27-25/h6,8,15-19,26,30H,3-5,7,9-14H2,1-2H3,(H,27,31)(H,28,33)(H,34,35)/b8-6-/t15-,16+,17+,18-,19-,25+/m0/s1. The number of allylic oxidation sites excluding steroid dienone is 1. The average Bonchev–Trinajstić information content (AvgIpc) is 3.74. The van der Waals surface area contributed by atoms with Gasteiger partial charge in [-0.15, -0.1) is 0 Å². The van der Waals surface area contributed by atoms with Gasteiger partial charge >= 0.3 is 6.09 Å². The first-order chi connectivity index (χ1) is 18.3. The molecule has 0 bridgehead atoms. The number of aliphatic hydroxyl groups excluding tert-OH is 1. The van der Waals surface area contributed by atoms with E-state index in [1.54, 1.807) is 13.0 Å². The number of hydrogen-bond acceptors (Lipinski definition) is 8. The fourth-order valence-electron chi connectivity index (χ4n) is 5.55. The van der Waals surface area contributed by atoms with Gasteiger partial charge in [0.15, 0.2) is 0 Å². The normalized spacial score (nSPS) is 35.4. The summed E-state index contributed by atoms with van der Waals surface area (Å²) in [7, 11) is -2.50. The molecule has 1 saturated heterocycles. The summed E-state index contributed by atoms with van der Waals surface area (Å²) < 4.78 is 32.0. The lowest BCUT2D eigenvalue weighted by molar-refractivity contribution is -0.142. The highest BCUT2D eigenvalue weighted by atomic mass is 32.2. The summed E-state index contributed by atoms with van der Waals surface area (Å²) >= 11 is 0. The van der Waals surface area contributed by atoms with Gasteiger partial charge in [-0.2, -0.15) is 0 Å². The predicted molar refractivity (Wildman–Crippen MR) is 138 cm³/mol. The van der Waals surface area contributed by atoms with Gasteiger partial charge in [0.1, 0.15) is 17.6 Å². The Morgan fingerprint density at radius 2 is 1.97 bits per heavy atom. The Kier molecular flexibility index (Phi) is 8.29. The summed E-state index contributed by atoms with van der Waals surface area (Å²) in [5, 5.41) is 24.8. The molecule has 0 unspecified atom stereocenters. The molecule has 3 fully saturated rings. The highest BCUT2D eigenvalue weighted by Crippen LogP contribution is 2.47. The lowest BCUT2D eigenvalue weighted by Gasteiger charge is -2.32. The topological polar surface area (TPSA) is 191 Å². The maximum absolute atomic E-state index is 13.7.